The van der Waals surface area contributed by atoms with Gasteiger partial charge in [0.1, 0.15) is 18.0 Å². The summed E-state index contributed by atoms with van der Waals surface area (Å²) in [5.41, 5.74) is 2.49. The summed E-state index contributed by atoms with van der Waals surface area (Å²) in [6.07, 6.45) is 5.16. The zero-order valence-corrected chi connectivity index (χ0v) is 18.1. The van der Waals surface area contributed by atoms with Crippen LogP contribution >= 0.6 is 11.6 Å². The molecule has 0 spiro atoms. The third kappa shape index (κ3) is 3.80. The molecule has 6 nitrogen and oxygen atoms in total. The third-order valence-electron chi connectivity index (χ3n) is 6.37. The monoisotopic (exact) mass is 441 g/mol. The summed E-state index contributed by atoms with van der Waals surface area (Å²) in [4.78, 5) is 14.4. The normalized spacial score (nSPS) is 23.8. The molecule has 0 aliphatic carbocycles. The molecular weight excluding hydrogens is 418 g/mol. The summed E-state index contributed by atoms with van der Waals surface area (Å²) in [7, 11) is 0. The van der Waals surface area contributed by atoms with Gasteiger partial charge < -0.3 is 24.2 Å². The zero-order chi connectivity index (χ0) is 21.5. The third-order valence-corrected chi connectivity index (χ3v) is 6.59. The average molecular weight is 442 g/mol. The predicted octanol–water partition coefficient (Wildman–Crippen LogP) is 2.85. The van der Waals surface area contributed by atoms with Crippen molar-refractivity contribution in [2.24, 2.45) is 0 Å². The number of fused-ring (bicyclic) bond motifs is 2. The van der Waals surface area contributed by atoms with E-state index in [9.17, 15) is 9.90 Å². The minimum absolute atomic E-state index is 0.0845. The Morgan fingerprint density at radius 1 is 1.26 bits per heavy atom. The molecule has 0 bridgehead atoms. The first-order valence-corrected chi connectivity index (χ1v) is 11.0. The maximum absolute atomic E-state index is 13.1. The molecule has 2 atom stereocenters. The Kier molecular flexibility index (Phi) is 5.38. The van der Waals surface area contributed by atoms with E-state index < -0.39 is 0 Å². The molecule has 7 heteroatoms. The van der Waals surface area contributed by atoms with Crippen LogP contribution in [0.15, 0.2) is 30.0 Å². The van der Waals surface area contributed by atoms with E-state index in [0.29, 0.717) is 52.4 Å². The minimum atomic E-state index is -0.237. The average Bonchev–Trinajstić information content (AvgIpc) is 3.07. The number of carbonyl (C=O) groups excluding carboxylic acids is 1. The number of hydrogen-bond donors (Lipinski definition) is 1. The summed E-state index contributed by atoms with van der Waals surface area (Å²) in [5, 5.41) is 13.2. The predicted molar refractivity (Wildman–Crippen MR) is 113 cm³/mol. The lowest BCUT2D eigenvalue weighted by molar-refractivity contribution is -0.942. The van der Waals surface area contributed by atoms with Crippen LogP contribution in [0, 0.1) is 0 Å². The Hall–Kier alpha value is -2.54. The fourth-order valence-corrected chi connectivity index (χ4v) is 4.91. The molecule has 1 N–H and O–H groups in total. The van der Waals surface area contributed by atoms with Crippen LogP contribution in [-0.2, 0) is 17.9 Å². The lowest BCUT2D eigenvalue weighted by Crippen LogP contribution is -3.14. The quantitative estimate of drug-likeness (QED) is 0.741. The number of allylic oxidation sites excluding steroid dienone is 1. The van der Waals surface area contributed by atoms with Gasteiger partial charge in [0.25, 0.3) is 0 Å². The van der Waals surface area contributed by atoms with Gasteiger partial charge in [0, 0.05) is 21.7 Å². The highest BCUT2D eigenvalue weighted by Crippen LogP contribution is 2.40. The van der Waals surface area contributed by atoms with Crippen molar-refractivity contribution in [2.75, 3.05) is 13.3 Å². The number of piperidine rings is 1. The molecule has 31 heavy (non-hydrogen) atoms. The van der Waals surface area contributed by atoms with E-state index >= 15 is 0 Å². The number of nitrogens with one attached hydrogen (secondary N) is 1. The molecule has 3 aliphatic heterocycles. The number of rotatable bonds is 3. The highest BCUT2D eigenvalue weighted by Gasteiger charge is 2.33. The molecular formula is C24H24ClNO5. The maximum atomic E-state index is 13.1. The van der Waals surface area contributed by atoms with E-state index in [-0.39, 0.29) is 24.1 Å². The van der Waals surface area contributed by atoms with Gasteiger partial charge in [0.05, 0.1) is 24.8 Å². The van der Waals surface area contributed by atoms with Crippen LogP contribution in [0.25, 0.3) is 6.08 Å². The Balaban J connectivity index is 1.50. The molecule has 3 heterocycles. The Labute approximate surface area is 186 Å². The van der Waals surface area contributed by atoms with Crippen molar-refractivity contribution < 1.29 is 29.0 Å². The van der Waals surface area contributed by atoms with Crippen molar-refractivity contribution >= 4 is 23.5 Å². The second kappa shape index (κ2) is 8.19. The van der Waals surface area contributed by atoms with E-state index in [1.54, 1.807) is 24.3 Å². The number of ether oxygens (including phenoxy) is 3. The van der Waals surface area contributed by atoms with Crippen LogP contribution in [0.1, 0.15) is 53.2 Å². The lowest BCUT2D eigenvalue weighted by atomic mass is 10.0. The van der Waals surface area contributed by atoms with Gasteiger partial charge in [0.15, 0.2) is 12.6 Å². The van der Waals surface area contributed by atoms with Crippen molar-refractivity contribution in [2.45, 2.75) is 45.4 Å². The highest BCUT2D eigenvalue weighted by atomic mass is 35.5. The first-order valence-electron chi connectivity index (χ1n) is 10.7. The minimum Gasteiger partial charge on any atom is -0.872 e. The van der Waals surface area contributed by atoms with Gasteiger partial charge in [-0.3, -0.25) is 4.79 Å². The summed E-state index contributed by atoms with van der Waals surface area (Å²) in [5.74, 6) is 0.876. The number of Topliss-reactive ketones (excluding diaryl/α,β-unsaturated/α-hetero) is 1. The molecule has 0 saturated carbocycles. The summed E-state index contributed by atoms with van der Waals surface area (Å²) in [6.45, 7) is 4.33. The maximum Gasteiger partial charge on any atom is 0.231 e. The molecule has 5 rings (SSSR count). The summed E-state index contributed by atoms with van der Waals surface area (Å²) in [6, 6.07) is 7.05. The van der Waals surface area contributed by atoms with Gasteiger partial charge >= 0.3 is 0 Å². The molecule has 0 amide bonds. The molecule has 0 aromatic heterocycles. The Bertz CT molecular complexity index is 1080. The van der Waals surface area contributed by atoms with Gasteiger partial charge in [0.2, 0.25) is 5.78 Å². The van der Waals surface area contributed by atoms with E-state index in [2.05, 4.69) is 6.92 Å². The molecule has 1 saturated heterocycles. The Morgan fingerprint density at radius 3 is 2.97 bits per heavy atom. The Morgan fingerprint density at radius 2 is 2.13 bits per heavy atom. The van der Waals surface area contributed by atoms with E-state index in [4.69, 9.17) is 25.8 Å². The summed E-state index contributed by atoms with van der Waals surface area (Å²) < 4.78 is 17.0. The van der Waals surface area contributed by atoms with Crippen LogP contribution in [0.4, 0.5) is 0 Å². The number of hydrogen-bond acceptors (Lipinski definition) is 5. The second-order valence-corrected chi connectivity index (χ2v) is 8.87. The molecule has 2 aromatic carbocycles. The smallest absolute Gasteiger partial charge is 0.231 e. The van der Waals surface area contributed by atoms with Gasteiger partial charge in [-0.1, -0.05) is 23.4 Å². The van der Waals surface area contributed by atoms with Crippen molar-refractivity contribution in [1.82, 2.24) is 0 Å². The standard InChI is InChI=1S/C24H24ClNO5/c1-14-4-2-3-7-26(14)11-19-20(27)6-5-18-22(28)21(31-24(18)19)10-15-8-17(25)9-16-12-29-13-30-23(15)16/h5-6,8-10,14,27H,2-4,7,11-13H2,1H3. The largest absolute Gasteiger partial charge is 0.872 e. The molecule has 3 aliphatic rings. The topological polar surface area (TPSA) is 72.3 Å². The van der Waals surface area contributed by atoms with E-state index in [0.717, 1.165) is 24.9 Å². The number of ketones is 1. The fraction of sp³-hybridized carbons (Fsp3) is 0.375. The van der Waals surface area contributed by atoms with Gasteiger partial charge in [-0.05, 0) is 50.5 Å². The fourth-order valence-electron chi connectivity index (χ4n) is 4.66. The number of quaternary nitrogens is 1. The van der Waals surface area contributed by atoms with Crippen molar-refractivity contribution in [3.05, 3.63) is 57.3 Å². The molecule has 2 aromatic rings. The van der Waals surface area contributed by atoms with Gasteiger partial charge in [-0.15, -0.1) is 0 Å². The molecule has 162 valence electrons. The SMILES string of the molecule is CC1CCCC[NH+]1Cc1c([O-])ccc2c1OC(=Cc1cc(Cl)cc3c1OCOC3)C2=O. The van der Waals surface area contributed by atoms with Crippen molar-refractivity contribution in [3.63, 3.8) is 0 Å². The molecule has 0 radical (unpaired) electrons. The van der Waals surface area contributed by atoms with Gasteiger partial charge in [-0.2, -0.15) is 0 Å². The first kappa shape index (κ1) is 20.4. The molecule has 2 unspecified atom stereocenters. The lowest BCUT2D eigenvalue weighted by Gasteiger charge is -2.31. The zero-order valence-electron chi connectivity index (χ0n) is 17.3. The molecule has 1 fully saturated rings. The van der Waals surface area contributed by atoms with Crippen LogP contribution < -0.4 is 19.5 Å². The van der Waals surface area contributed by atoms with Crippen molar-refractivity contribution in [1.29, 1.82) is 0 Å². The number of benzene rings is 2. The van der Waals surface area contributed by atoms with Crippen LogP contribution in [0.3, 0.4) is 0 Å². The van der Waals surface area contributed by atoms with Crippen molar-refractivity contribution in [3.8, 4) is 17.2 Å². The number of likely N-dealkylation sites (tertiary alicyclic amines) is 1. The van der Waals surface area contributed by atoms with Gasteiger partial charge in [-0.25, -0.2) is 0 Å². The number of halogens is 1. The van der Waals surface area contributed by atoms with Crippen LogP contribution in [0.2, 0.25) is 5.02 Å². The second-order valence-electron chi connectivity index (χ2n) is 8.43. The van der Waals surface area contributed by atoms with Crippen LogP contribution in [0.5, 0.6) is 17.2 Å². The van der Waals surface area contributed by atoms with E-state index in [1.807, 2.05) is 0 Å². The first-order chi connectivity index (χ1) is 15.0. The summed E-state index contributed by atoms with van der Waals surface area (Å²) >= 11 is 6.25. The highest BCUT2D eigenvalue weighted by molar-refractivity contribution is 6.31. The van der Waals surface area contributed by atoms with Crippen LogP contribution in [-0.4, -0.2) is 25.2 Å². The van der Waals surface area contributed by atoms with E-state index in [1.165, 1.54) is 17.4 Å². The number of carbonyl (C=O) groups is 1.